The topological polar surface area (TPSA) is 103 Å². The molecule has 1 rings (SSSR count). The third-order valence-electron chi connectivity index (χ3n) is 3.03. The summed E-state index contributed by atoms with van der Waals surface area (Å²) in [4.78, 5) is 22.0. The first-order valence-electron chi connectivity index (χ1n) is 6.20. The fourth-order valence-electron chi connectivity index (χ4n) is 2.21. The molecular weight excluding hydrogens is 270 g/mol. The molecule has 116 valence electrons. The highest BCUT2D eigenvalue weighted by Gasteiger charge is 2.46. The maximum atomic E-state index is 11.2. The smallest absolute Gasteiger partial charge is 0.302 e. The number of nitrogens with one attached hydrogen (secondary N) is 1. The molecule has 8 heteroatoms. The van der Waals surface area contributed by atoms with E-state index in [1.54, 1.807) is 0 Å². The Labute approximate surface area is 117 Å². The summed E-state index contributed by atoms with van der Waals surface area (Å²) in [5, 5.41) is 12.5. The summed E-state index contributed by atoms with van der Waals surface area (Å²) in [5.74, 6) is -0.788. The Balaban J connectivity index is 2.83. The van der Waals surface area contributed by atoms with Crippen LogP contribution in [0.25, 0.3) is 0 Å². The van der Waals surface area contributed by atoms with E-state index in [4.69, 9.17) is 18.9 Å². The number of aliphatic hydroxyl groups excluding tert-OH is 1. The van der Waals surface area contributed by atoms with Gasteiger partial charge in [0.25, 0.3) is 0 Å². The van der Waals surface area contributed by atoms with E-state index in [1.807, 2.05) is 0 Å². The quantitative estimate of drug-likeness (QED) is 0.613. The lowest BCUT2D eigenvalue weighted by molar-refractivity contribution is -0.264. The van der Waals surface area contributed by atoms with Gasteiger partial charge in [-0.15, -0.1) is 0 Å². The molecule has 5 atom stereocenters. The number of amides is 1. The van der Waals surface area contributed by atoms with E-state index < -0.39 is 36.6 Å². The molecule has 1 aliphatic rings. The number of hydrogen-bond acceptors (Lipinski definition) is 7. The number of methoxy groups -OCH3 is 2. The number of rotatable bonds is 5. The fraction of sp³-hybridized carbons (Fsp3) is 0.833. The predicted octanol–water partition coefficient (Wildman–Crippen LogP) is -1.20. The van der Waals surface area contributed by atoms with E-state index in [9.17, 15) is 14.7 Å². The number of carbonyl (C=O) groups excluding carboxylic acids is 2. The zero-order valence-corrected chi connectivity index (χ0v) is 12.0. The summed E-state index contributed by atoms with van der Waals surface area (Å²) >= 11 is 0. The van der Waals surface area contributed by atoms with Crippen LogP contribution in [0.5, 0.6) is 0 Å². The lowest BCUT2D eigenvalue weighted by atomic mass is 9.96. The number of esters is 1. The Kier molecular flexibility index (Phi) is 6.34. The van der Waals surface area contributed by atoms with Crippen LogP contribution in [0, 0.1) is 0 Å². The largest absolute Gasteiger partial charge is 0.463 e. The van der Waals surface area contributed by atoms with Crippen molar-refractivity contribution < 1.29 is 33.6 Å². The first-order chi connectivity index (χ1) is 9.40. The molecule has 0 aromatic heterocycles. The molecule has 5 unspecified atom stereocenters. The van der Waals surface area contributed by atoms with Crippen molar-refractivity contribution in [3.05, 3.63) is 0 Å². The first-order valence-corrected chi connectivity index (χ1v) is 6.20. The molecule has 1 aliphatic heterocycles. The standard InChI is InChI=1S/C12H21NO7/c1-6(14)13-9-11(18-4)10(17-3)8(20-12(9)16)5-19-7(2)15/h8-12,16H,5H2,1-4H3,(H,13,14). The van der Waals surface area contributed by atoms with Crippen LogP contribution in [0.1, 0.15) is 13.8 Å². The van der Waals surface area contributed by atoms with Crippen molar-refractivity contribution in [2.75, 3.05) is 20.8 Å². The highest BCUT2D eigenvalue weighted by atomic mass is 16.7. The average Bonchev–Trinajstić information content (AvgIpc) is 2.37. The van der Waals surface area contributed by atoms with Gasteiger partial charge in [-0.05, 0) is 0 Å². The van der Waals surface area contributed by atoms with Crippen molar-refractivity contribution in [3.63, 3.8) is 0 Å². The van der Waals surface area contributed by atoms with E-state index in [0.29, 0.717) is 0 Å². The summed E-state index contributed by atoms with van der Waals surface area (Å²) in [6.45, 7) is 2.53. The van der Waals surface area contributed by atoms with Crippen LogP contribution < -0.4 is 5.32 Å². The van der Waals surface area contributed by atoms with Gasteiger partial charge in [0.15, 0.2) is 6.29 Å². The molecular formula is C12H21NO7. The van der Waals surface area contributed by atoms with Gasteiger partial charge in [0.1, 0.15) is 31.0 Å². The summed E-state index contributed by atoms with van der Waals surface area (Å²) in [6.07, 6.45) is -3.20. The van der Waals surface area contributed by atoms with Gasteiger partial charge in [-0.3, -0.25) is 9.59 Å². The van der Waals surface area contributed by atoms with Gasteiger partial charge in [-0.2, -0.15) is 0 Å². The Morgan fingerprint density at radius 2 is 1.80 bits per heavy atom. The second-order valence-corrected chi connectivity index (χ2v) is 4.49. The molecule has 0 spiro atoms. The van der Waals surface area contributed by atoms with E-state index in [-0.39, 0.29) is 12.5 Å². The molecule has 0 aliphatic carbocycles. The molecule has 1 heterocycles. The van der Waals surface area contributed by atoms with Gasteiger partial charge in [-0.25, -0.2) is 0 Å². The Morgan fingerprint density at radius 1 is 1.20 bits per heavy atom. The molecule has 0 radical (unpaired) electrons. The Bertz CT molecular complexity index is 349. The number of hydrogen-bond donors (Lipinski definition) is 2. The predicted molar refractivity (Wildman–Crippen MR) is 66.7 cm³/mol. The van der Waals surface area contributed by atoms with Gasteiger partial charge in [-0.1, -0.05) is 0 Å². The SMILES string of the molecule is COC1C(COC(C)=O)OC(O)C(NC(C)=O)C1OC. The third-order valence-corrected chi connectivity index (χ3v) is 3.03. The summed E-state index contributed by atoms with van der Waals surface area (Å²) in [7, 11) is 2.88. The Morgan fingerprint density at radius 3 is 2.25 bits per heavy atom. The zero-order chi connectivity index (χ0) is 15.3. The Hall–Kier alpha value is -1.22. The molecule has 0 bridgehead atoms. The van der Waals surface area contributed by atoms with Crippen molar-refractivity contribution in [3.8, 4) is 0 Å². The molecule has 0 saturated carbocycles. The normalized spacial score (nSPS) is 33.5. The van der Waals surface area contributed by atoms with Crippen LogP contribution in [0.3, 0.4) is 0 Å². The molecule has 1 saturated heterocycles. The minimum absolute atomic E-state index is 0.0719. The van der Waals surface area contributed by atoms with Crippen LogP contribution >= 0.6 is 0 Å². The van der Waals surface area contributed by atoms with Crippen LogP contribution in [0.15, 0.2) is 0 Å². The summed E-state index contributed by atoms with van der Waals surface area (Å²) in [6, 6.07) is -0.768. The highest BCUT2D eigenvalue weighted by molar-refractivity contribution is 5.73. The van der Waals surface area contributed by atoms with Crippen molar-refractivity contribution >= 4 is 11.9 Å². The van der Waals surface area contributed by atoms with E-state index in [0.717, 1.165) is 0 Å². The van der Waals surface area contributed by atoms with Gasteiger partial charge >= 0.3 is 5.97 Å². The minimum Gasteiger partial charge on any atom is -0.463 e. The number of aliphatic hydroxyl groups is 1. The van der Waals surface area contributed by atoms with Crippen LogP contribution in [-0.4, -0.2) is 68.5 Å². The maximum absolute atomic E-state index is 11.2. The molecule has 1 amide bonds. The molecule has 8 nitrogen and oxygen atoms in total. The molecule has 2 N–H and O–H groups in total. The van der Waals surface area contributed by atoms with Crippen molar-refractivity contribution in [1.82, 2.24) is 5.32 Å². The average molecular weight is 291 g/mol. The molecule has 0 aromatic rings. The van der Waals surface area contributed by atoms with Crippen molar-refractivity contribution in [2.24, 2.45) is 0 Å². The van der Waals surface area contributed by atoms with Crippen LogP contribution in [0.2, 0.25) is 0 Å². The lowest BCUT2D eigenvalue weighted by Gasteiger charge is -2.43. The van der Waals surface area contributed by atoms with Gasteiger partial charge < -0.3 is 29.4 Å². The minimum atomic E-state index is -1.28. The first kappa shape index (κ1) is 16.8. The van der Waals surface area contributed by atoms with Crippen LogP contribution in [0.4, 0.5) is 0 Å². The zero-order valence-electron chi connectivity index (χ0n) is 12.0. The van der Waals surface area contributed by atoms with Crippen molar-refractivity contribution in [2.45, 2.75) is 44.5 Å². The van der Waals surface area contributed by atoms with E-state index in [2.05, 4.69) is 5.32 Å². The molecule has 1 fully saturated rings. The van der Waals surface area contributed by atoms with Crippen molar-refractivity contribution in [1.29, 1.82) is 0 Å². The third kappa shape index (κ3) is 4.14. The van der Waals surface area contributed by atoms with Gasteiger partial charge in [0.2, 0.25) is 5.91 Å². The number of carbonyl (C=O) groups is 2. The summed E-state index contributed by atoms with van der Waals surface area (Å²) < 4.78 is 20.8. The monoisotopic (exact) mass is 291 g/mol. The van der Waals surface area contributed by atoms with Gasteiger partial charge in [0, 0.05) is 28.1 Å². The second-order valence-electron chi connectivity index (χ2n) is 4.49. The second kappa shape index (κ2) is 7.53. The maximum Gasteiger partial charge on any atom is 0.302 e. The van der Waals surface area contributed by atoms with E-state index >= 15 is 0 Å². The number of ether oxygens (including phenoxy) is 4. The van der Waals surface area contributed by atoms with Crippen LogP contribution in [-0.2, 0) is 28.5 Å². The fourth-order valence-corrected chi connectivity index (χ4v) is 2.21. The molecule has 20 heavy (non-hydrogen) atoms. The molecule has 0 aromatic carbocycles. The highest BCUT2D eigenvalue weighted by Crippen LogP contribution is 2.24. The van der Waals surface area contributed by atoms with Gasteiger partial charge in [0.05, 0.1) is 0 Å². The summed E-state index contributed by atoms with van der Waals surface area (Å²) in [5.41, 5.74) is 0. The van der Waals surface area contributed by atoms with E-state index in [1.165, 1.54) is 28.1 Å². The lowest BCUT2D eigenvalue weighted by Crippen LogP contribution is -2.65.